The number of nitriles is 1. The smallest absolute Gasteiger partial charge is 0.433 e. The summed E-state index contributed by atoms with van der Waals surface area (Å²) in [7, 11) is 1.01. The van der Waals surface area contributed by atoms with E-state index >= 15 is 0 Å². The van der Waals surface area contributed by atoms with Crippen LogP contribution in [0, 0.1) is 11.3 Å². The molecule has 0 unspecified atom stereocenters. The van der Waals surface area contributed by atoms with Crippen molar-refractivity contribution >= 4 is 5.97 Å². The van der Waals surface area contributed by atoms with Gasteiger partial charge in [0.25, 0.3) is 6.43 Å². The largest absolute Gasteiger partial charge is 0.469 e. The fraction of sp³-hybridized carbons (Fsp3) is 0.364. The van der Waals surface area contributed by atoms with Crippen molar-refractivity contribution in [2.45, 2.75) is 19.0 Å². The lowest BCUT2D eigenvalue weighted by atomic mass is 10.0. The van der Waals surface area contributed by atoms with Crippen molar-refractivity contribution in [3.63, 3.8) is 0 Å². The van der Waals surface area contributed by atoms with Gasteiger partial charge in [-0.2, -0.15) is 18.4 Å². The normalized spacial score (nSPS) is 11.3. The van der Waals surface area contributed by atoms with Crippen molar-refractivity contribution < 1.29 is 31.5 Å². The number of aromatic nitrogens is 1. The van der Waals surface area contributed by atoms with Gasteiger partial charge in [0, 0.05) is 0 Å². The molecule has 9 heteroatoms. The van der Waals surface area contributed by atoms with E-state index in [9.17, 15) is 26.7 Å². The van der Waals surface area contributed by atoms with E-state index in [0.29, 0.717) is 6.07 Å². The number of nitrogens with zero attached hydrogens (tertiary/aromatic N) is 2. The predicted octanol–water partition coefficient (Wildman–Crippen LogP) is 2.63. The number of carbonyl (C=O) groups excluding carboxylic acids is 1. The third kappa shape index (κ3) is 3.40. The van der Waals surface area contributed by atoms with E-state index in [-0.39, 0.29) is 0 Å². The summed E-state index contributed by atoms with van der Waals surface area (Å²) in [6.07, 6.45) is -9.33. The molecule has 0 aromatic carbocycles. The number of methoxy groups -OCH3 is 1. The van der Waals surface area contributed by atoms with Gasteiger partial charge in [-0.25, -0.2) is 13.8 Å². The van der Waals surface area contributed by atoms with Crippen molar-refractivity contribution in [2.75, 3.05) is 7.11 Å². The Labute approximate surface area is 109 Å². The van der Waals surface area contributed by atoms with Gasteiger partial charge in [0.05, 0.1) is 36.4 Å². The van der Waals surface area contributed by atoms with Crippen LogP contribution in [0.5, 0.6) is 0 Å². The van der Waals surface area contributed by atoms with Crippen molar-refractivity contribution in [1.82, 2.24) is 4.98 Å². The molecule has 0 aliphatic rings. The van der Waals surface area contributed by atoms with E-state index in [0.717, 1.165) is 7.11 Å². The van der Waals surface area contributed by atoms with Crippen LogP contribution in [0.3, 0.4) is 0 Å². The molecule has 0 aliphatic heterocycles. The van der Waals surface area contributed by atoms with Crippen molar-refractivity contribution in [1.29, 1.82) is 5.26 Å². The molecule has 0 aliphatic carbocycles. The number of pyridine rings is 1. The fourth-order valence-corrected chi connectivity index (χ4v) is 1.45. The highest BCUT2D eigenvalue weighted by molar-refractivity contribution is 5.72. The zero-order chi connectivity index (χ0) is 15.5. The zero-order valence-corrected chi connectivity index (χ0v) is 9.96. The molecule has 0 spiro atoms. The topological polar surface area (TPSA) is 63.0 Å². The predicted molar refractivity (Wildman–Crippen MR) is 54.6 cm³/mol. The molecular formula is C11H7F5N2O2. The van der Waals surface area contributed by atoms with E-state index in [1.807, 2.05) is 0 Å². The summed E-state index contributed by atoms with van der Waals surface area (Å²) in [5.41, 5.74) is -4.70. The lowest BCUT2D eigenvalue weighted by Crippen LogP contribution is -2.17. The van der Waals surface area contributed by atoms with E-state index in [2.05, 4.69) is 9.72 Å². The molecule has 0 N–H and O–H groups in total. The Balaban J connectivity index is 3.49. The summed E-state index contributed by atoms with van der Waals surface area (Å²) < 4.78 is 67.7. The van der Waals surface area contributed by atoms with Crippen LogP contribution in [0.1, 0.15) is 28.9 Å². The fourth-order valence-electron chi connectivity index (χ4n) is 1.45. The Morgan fingerprint density at radius 1 is 1.50 bits per heavy atom. The Bertz CT molecular complexity index is 563. The van der Waals surface area contributed by atoms with Crippen LogP contribution in [-0.4, -0.2) is 18.1 Å². The quantitative estimate of drug-likeness (QED) is 0.635. The highest BCUT2D eigenvalue weighted by Gasteiger charge is 2.39. The molecule has 0 atom stereocenters. The summed E-state index contributed by atoms with van der Waals surface area (Å²) in [5.74, 6) is -0.903. The maximum atomic E-state index is 12.7. The number of esters is 1. The zero-order valence-electron chi connectivity index (χ0n) is 9.96. The maximum absolute atomic E-state index is 12.7. The Kier molecular flexibility index (Phi) is 4.60. The van der Waals surface area contributed by atoms with Crippen LogP contribution < -0.4 is 0 Å². The second kappa shape index (κ2) is 5.81. The summed E-state index contributed by atoms with van der Waals surface area (Å²) in [5, 5.41) is 8.68. The molecule has 0 radical (unpaired) electrons. The first kappa shape index (κ1) is 15.8. The standard InChI is InChI=1S/C11H7F5N2O2/c1-20-7(19)3-6-2-5(4-17)8(10(12)13)9(18-6)11(14,15)16/h2,10H,3H2,1H3. The summed E-state index contributed by atoms with van der Waals surface area (Å²) in [6.45, 7) is 0. The van der Waals surface area contributed by atoms with E-state index in [1.54, 1.807) is 0 Å². The lowest BCUT2D eigenvalue weighted by Gasteiger charge is -2.14. The maximum Gasteiger partial charge on any atom is 0.433 e. The van der Waals surface area contributed by atoms with Gasteiger partial charge in [-0.05, 0) is 6.07 Å². The van der Waals surface area contributed by atoms with Crippen LogP contribution in [0.15, 0.2) is 6.07 Å². The molecule has 1 aromatic heterocycles. The molecular weight excluding hydrogens is 287 g/mol. The lowest BCUT2D eigenvalue weighted by molar-refractivity contribution is -0.144. The minimum absolute atomic E-state index is 0.467. The molecule has 1 heterocycles. The first-order chi connectivity index (χ1) is 9.20. The number of ether oxygens (including phenoxy) is 1. The second-order valence-corrected chi connectivity index (χ2v) is 3.59. The first-order valence-electron chi connectivity index (χ1n) is 5.06. The molecule has 0 bridgehead atoms. The number of carbonyl (C=O) groups is 1. The minimum Gasteiger partial charge on any atom is -0.469 e. The van der Waals surface area contributed by atoms with Crippen LogP contribution in [0.4, 0.5) is 22.0 Å². The first-order valence-corrected chi connectivity index (χ1v) is 5.06. The second-order valence-electron chi connectivity index (χ2n) is 3.59. The van der Waals surface area contributed by atoms with Gasteiger partial charge < -0.3 is 4.74 Å². The van der Waals surface area contributed by atoms with Gasteiger partial charge in [-0.3, -0.25) is 4.79 Å². The molecule has 0 amide bonds. The molecule has 1 aromatic rings. The minimum atomic E-state index is -5.16. The summed E-state index contributed by atoms with van der Waals surface area (Å²) >= 11 is 0. The number of hydrogen-bond acceptors (Lipinski definition) is 4. The Hall–Kier alpha value is -2.24. The number of hydrogen-bond donors (Lipinski definition) is 0. The van der Waals surface area contributed by atoms with E-state index in [4.69, 9.17) is 5.26 Å². The van der Waals surface area contributed by atoms with Crippen LogP contribution in [0.2, 0.25) is 0 Å². The average molecular weight is 294 g/mol. The highest BCUT2D eigenvalue weighted by atomic mass is 19.4. The Morgan fingerprint density at radius 3 is 2.50 bits per heavy atom. The molecule has 108 valence electrons. The molecule has 0 fully saturated rings. The van der Waals surface area contributed by atoms with E-state index in [1.165, 1.54) is 6.07 Å². The Morgan fingerprint density at radius 2 is 2.10 bits per heavy atom. The SMILES string of the molecule is COC(=O)Cc1cc(C#N)c(C(F)F)c(C(F)(F)F)n1. The molecule has 1 rings (SSSR count). The molecule has 0 saturated carbocycles. The third-order valence-corrected chi connectivity index (χ3v) is 2.27. The number of alkyl halides is 5. The molecule has 20 heavy (non-hydrogen) atoms. The average Bonchev–Trinajstić information content (AvgIpc) is 2.36. The molecule has 0 saturated heterocycles. The number of rotatable bonds is 3. The monoisotopic (exact) mass is 294 g/mol. The number of halogens is 5. The highest BCUT2D eigenvalue weighted by Crippen LogP contribution is 2.37. The summed E-state index contributed by atoms with van der Waals surface area (Å²) in [6, 6.07) is 1.96. The van der Waals surface area contributed by atoms with Crippen LogP contribution in [0.25, 0.3) is 0 Å². The van der Waals surface area contributed by atoms with Crippen molar-refractivity contribution in [3.8, 4) is 6.07 Å². The third-order valence-electron chi connectivity index (χ3n) is 2.27. The summed E-state index contributed by atoms with van der Waals surface area (Å²) in [4.78, 5) is 14.0. The van der Waals surface area contributed by atoms with Crippen LogP contribution >= 0.6 is 0 Å². The van der Waals surface area contributed by atoms with Crippen molar-refractivity contribution in [2.24, 2.45) is 0 Å². The molecule has 4 nitrogen and oxygen atoms in total. The van der Waals surface area contributed by atoms with Gasteiger partial charge in [-0.1, -0.05) is 0 Å². The van der Waals surface area contributed by atoms with Crippen molar-refractivity contribution in [3.05, 3.63) is 28.6 Å². The van der Waals surface area contributed by atoms with Gasteiger partial charge >= 0.3 is 12.1 Å². The van der Waals surface area contributed by atoms with Gasteiger partial charge in [0.15, 0.2) is 5.69 Å². The van der Waals surface area contributed by atoms with Crippen LogP contribution in [-0.2, 0) is 22.1 Å². The van der Waals surface area contributed by atoms with Gasteiger partial charge in [0.1, 0.15) is 0 Å². The van der Waals surface area contributed by atoms with Gasteiger partial charge in [-0.15, -0.1) is 0 Å². The van der Waals surface area contributed by atoms with Gasteiger partial charge in [0.2, 0.25) is 0 Å². The van der Waals surface area contributed by atoms with E-state index < -0.39 is 47.5 Å².